The van der Waals surface area contributed by atoms with E-state index in [0.29, 0.717) is 6.54 Å². The monoisotopic (exact) mass is 315 g/mol. The highest BCUT2D eigenvalue weighted by molar-refractivity contribution is 7.91. The van der Waals surface area contributed by atoms with Crippen LogP contribution in [0.2, 0.25) is 0 Å². The van der Waals surface area contributed by atoms with Gasteiger partial charge in [-0.2, -0.15) is 0 Å². The minimum Gasteiger partial charge on any atom is -0.326 e. The summed E-state index contributed by atoms with van der Waals surface area (Å²) in [5.41, 5.74) is 6.64. The number of rotatable bonds is 3. The molecule has 0 aliphatic rings. The fraction of sp³-hybridized carbons (Fsp3) is 0.0588. The molecule has 0 amide bonds. The van der Waals surface area contributed by atoms with Gasteiger partial charge in [-0.25, -0.2) is 12.8 Å². The van der Waals surface area contributed by atoms with Gasteiger partial charge in [0.25, 0.3) is 0 Å². The van der Waals surface area contributed by atoms with Crippen LogP contribution in [-0.4, -0.2) is 8.42 Å². The van der Waals surface area contributed by atoms with E-state index >= 15 is 0 Å². The highest BCUT2D eigenvalue weighted by atomic mass is 32.2. The molecule has 0 fully saturated rings. The summed E-state index contributed by atoms with van der Waals surface area (Å²) in [5.74, 6) is -0.577. The second kappa shape index (κ2) is 5.51. The van der Waals surface area contributed by atoms with Crippen molar-refractivity contribution in [3.05, 3.63) is 72.0 Å². The molecule has 22 heavy (non-hydrogen) atoms. The molecule has 0 aromatic heterocycles. The maximum absolute atomic E-state index is 13.3. The molecule has 112 valence electrons. The number of benzene rings is 3. The van der Waals surface area contributed by atoms with Crippen molar-refractivity contribution in [3.8, 4) is 0 Å². The Morgan fingerprint density at radius 3 is 2.36 bits per heavy atom. The van der Waals surface area contributed by atoms with Crippen LogP contribution in [0, 0.1) is 5.82 Å². The van der Waals surface area contributed by atoms with E-state index in [9.17, 15) is 12.8 Å². The van der Waals surface area contributed by atoms with Gasteiger partial charge in [0.15, 0.2) is 0 Å². The molecule has 0 atom stereocenters. The molecule has 3 nitrogen and oxygen atoms in total. The molecule has 2 N–H and O–H groups in total. The molecule has 3 aromatic rings. The van der Waals surface area contributed by atoms with Crippen LogP contribution in [0.15, 0.2) is 70.5 Å². The van der Waals surface area contributed by atoms with Crippen LogP contribution in [-0.2, 0) is 16.4 Å². The fourth-order valence-electron chi connectivity index (χ4n) is 2.44. The lowest BCUT2D eigenvalue weighted by molar-refractivity contribution is 0.591. The third-order valence-electron chi connectivity index (χ3n) is 3.58. The highest BCUT2D eigenvalue weighted by Gasteiger charge is 2.18. The Hall–Kier alpha value is -2.24. The predicted octanol–water partition coefficient (Wildman–Crippen LogP) is 3.27. The fourth-order valence-corrected chi connectivity index (χ4v) is 3.77. The van der Waals surface area contributed by atoms with Gasteiger partial charge < -0.3 is 5.73 Å². The normalized spacial score (nSPS) is 11.7. The SMILES string of the molecule is NCc1cccc2cc(S(=O)(=O)c3cccc(F)c3)ccc12. The van der Waals surface area contributed by atoms with Crippen molar-refractivity contribution in [2.45, 2.75) is 16.3 Å². The molecular formula is C17H14FNO2S. The van der Waals surface area contributed by atoms with Crippen molar-refractivity contribution in [3.63, 3.8) is 0 Å². The maximum Gasteiger partial charge on any atom is 0.206 e. The molecule has 0 heterocycles. The minimum atomic E-state index is -3.74. The molecule has 0 aliphatic heterocycles. The van der Waals surface area contributed by atoms with Gasteiger partial charge in [-0.1, -0.05) is 30.3 Å². The quantitative estimate of drug-likeness (QED) is 0.807. The predicted molar refractivity (Wildman–Crippen MR) is 83.7 cm³/mol. The van der Waals surface area contributed by atoms with E-state index in [-0.39, 0.29) is 9.79 Å². The lowest BCUT2D eigenvalue weighted by Crippen LogP contribution is -2.03. The smallest absolute Gasteiger partial charge is 0.206 e. The first-order valence-electron chi connectivity index (χ1n) is 6.75. The second-order valence-electron chi connectivity index (χ2n) is 4.97. The molecule has 0 unspecified atom stereocenters. The van der Waals surface area contributed by atoms with E-state index in [4.69, 9.17) is 5.73 Å². The van der Waals surface area contributed by atoms with Crippen molar-refractivity contribution in [2.24, 2.45) is 5.73 Å². The average Bonchev–Trinajstić information content (AvgIpc) is 2.53. The summed E-state index contributed by atoms with van der Waals surface area (Å²) in [7, 11) is -3.74. The van der Waals surface area contributed by atoms with Crippen molar-refractivity contribution in [1.29, 1.82) is 0 Å². The van der Waals surface area contributed by atoms with Gasteiger partial charge in [-0.3, -0.25) is 0 Å². The number of fused-ring (bicyclic) bond motifs is 1. The van der Waals surface area contributed by atoms with Gasteiger partial charge in [-0.15, -0.1) is 0 Å². The van der Waals surface area contributed by atoms with Crippen LogP contribution < -0.4 is 5.73 Å². The van der Waals surface area contributed by atoms with Gasteiger partial charge in [0.1, 0.15) is 5.82 Å². The van der Waals surface area contributed by atoms with Crippen molar-refractivity contribution in [1.82, 2.24) is 0 Å². The number of hydrogen-bond donors (Lipinski definition) is 1. The summed E-state index contributed by atoms with van der Waals surface area (Å²) >= 11 is 0. The summed E-state index contributed by atoms with van der Waals surface area (Å²) < 4.78 is 38.5. The van der Waals surface area contributed by atoms with E-state index in [1.165, 1.54) is 24.3 Å². The largest absolute Gasteiger partial charge is 0.326 e. The summed E-state index contributed by atoms with van der Waals surface area (Å²) in [4.78, 5) is 0.0848. The molecule has 5 heteroatoms. The van der Waals surface area contributed by atoms with Crippen LogP contribution in [0.25, 0.3) is 10.8 Å². The zero-order valence-corrected chi connectivity index (χ0v) is 12.5. The van der Waals surface area contributed by atoms with Gasteiger partial charge in [0, 0.05) is 6.54 Å². The standard InChI is InChI=1S/C17H14FNO2S/c18-14-5-2-6-15(10-14)22(20,21)16-7-8-17-12(9-16)3-1-4-13(17)11-19/h1-10H,11,19H2. The topological polar surface area (TPSA) is 60.2 Å². The Kier molecular flexibility index (Phi) is 3.68. The van der Waals surface area contributed by atoms with Gasteiger partial charge in [0.2, 0.25) is 9.84 Å². The molecule has 0 radical (unpaired) electrons. The van der Waals surface area contributed by atoms with Crippen LogP contribution in [0.1, 0.15) is 5.56 Å². The number of sulfone groups is 1. The van der Waals surface area contributed by atoms with E-state index < -0.39 is 15.7 Å². The summed E-state index contributed by atoms with van der Waals surface area (Å²) in [5, 5.41) is 1.71. The molecule has 0 saturated carbocycles. The van der Waals surface area contributed by atoms with E-state index in [1.54, 1.807) is 12.1 Å². The maximum atomic E-state index is 13.3. The molecule has 0 spiro atoms. The van der Waals surface area contributed by atoms with Gasteiger partial charge >= 0.3 is 0 Å². The van der Waals surface area contributed by atoms with E-state index in [1.807, 2.05) is 18.2 Å². The molecule has 0 saturated heterocycles. The lowest BCUT2D eigenvalue weighted by Gasteiger charge is -2.08. The first kappa shape index (κ1) is 14.7. The van der Waals surface area contributed by atoms with E-state index in [2.05, 4.69) is 0 Å². The van der Waals surface area contributed by atoms with Crippen molar-refractivity contribution < 1.29 is 12.8 Å². The highest BCUT2D eigenvalue weighted by Crippen LogP contribution is 2.26. The van der Waals surface area contributed by atoms with Crippen LogP contribution >= 0.6 is 0 Å². The Balaban J connectivity index is 2.18. The minimum absolute atomic E-state index is 0.0539. The molecule has 0 bridgehead atoms. The van der Waals surface area contributed by atoms with Crippen LogP contribution in [0.4, 0.5) is 4.39 Å². The van der Waals surface area contributed by atoms with Crippen LogP contribution in [0.3, 0.4) is 0 Å². The lowest BCUT2D eigenvalue weighted by atomic mass is 10.1. The van der Waals surface area contributed by atoms with Gasteiger partial charge in [0.05, 0.1) is 9.79 Å². The Labute approximate surface area is 128 Å². The average molecular weight is 315 g/mol. The van der Waals surface area contributed by atoms with Gasteiger partial charge in [-0.05, 0) is 46.7 Å². The second-order valence-corrected chi connectivity index (χ2v) is 6.91. The first-order chi connectivity index (χ1) is 10.5. The molecular weight excluding hydrogens is 301 g/mol. The number of nitrogens with two attached hydrogens (primary N) is 1. The first-order valence-corrected chi connectivity index (χ1v) is 8.23. The Morgan fingerprint density at radius 2 is 1.64 bits per heavy atom. The summed E-state index contributed by atoms with van der Waals surface area (Å²) in [6, 6.07) is 15.4. The zero-order chi connectivity index (χ0) is 15.7. The molecule has 3 rings (SSSR count). The zero-order valence-electron chi connectivity index (χ0n) is 11.7. The molecule has 3 aromatic carbocycles. The van der Waals surface area contributed by atoms with Crippen LogP contribution in [0.5, 0.6) is 0 Å². The summed E-state index contributed by atoms with van der Waals surface area (Å²) in [6.07, 6.45) is 0. The van der Waals surface area contributed by atoms with Crippen molar-refractivity contribution in [2.75, 3.05) is 0 Å². The third-order valence-corrected chi connectivity index (χ3v) is 5.33. The van der Waals surface area contributed by atoms with Crippen molar-refractivity contribution >= 4 is 20.6 Å². The Morgan fingerprint density at radius 1 is 0.909 bits per heavy atom. The Bertz CT molecular complexity index is 952. The van der Waals surface area contributed by atoms with E-state index in [0.717, 1.165) is 22.4 Å². The summed E-state index contributed by atoms with van der Waals surface area (Å²) in [6.45, 7) is 0.382. The number of hydrogen-bond acceptors (Lipinski definition) is 3. The number of halogens is 1. The third kappa shape index (κ3) is 2.49. The molecule has 0 aliphatic carbocycles.